The van der Waals surface area contributed by atoms with Crippen LogP contribution >= 0.6 is 0 Å². The van der Waals surface area contributed by atoms with E-state index in [1.54, 1.807) is 30.5 Å². The third-order valence-corrected chi connectivity index (χ3v) is 4.88. The Labute approximate surface area is 178 Å². The standard InChI is InChI=1S/C23H22N4O4/c28-22-20-12-7-14-26(20)25-21(27(22)18-10-5-2-6-11-18)19(24-23(29)30)13-15-31-16-17-8-3-1-4-9-17/h1-12,14,19,24H,13,15-16H2,(H,29,30). The molecule has 2 aromatic carbocycles. The van der Waals surface area contributed by atoms with Crippen LogP contribution in [0.2, 0.25) is 0 Å². The zero-order chi connectivity index (χ0) is 21.6. The van der Waals surface area contributed by atoms with Crippen molar-refractivity contribution in [3.05, 3.63) is 101 Å². The number of rotatable bonds is 8. The topological polar surface area (TPSA) is 97.9 Å². The van der Waals surface area contributed by atoms with Gasteiger partial charge in [-0.3, -0.25) is 9.36 Å². The van der Waals surface area contributed by atoms with E-state index in [1.807, 2.05) is 48.5 Å². The molecule has 2 aromatic heterocycles. The molecule has 1 amide bonds. The second-order valence-electron chi connectivity index (χ2n) is 7.00. The van der Waals surface area contributed by atoms with Crippen LogP contribution in [0.15, 0.2) is 83.8 Å². The van der Waals surface area contributed by atoms with Crippen LogP contribution in [0.3, 0.4) is 0 Å². The maximum absolute atomic E-state index is 13.2. The second-order valence-corrected chi connectivity index (χ2v) is 7.00. The number of ether oxygens (including phenoxy) is 1. The predicted octanol–water partition coefficient (Wildman–Crippen LogP) is 3.40. The largest absolute Gasteiger partial charge is 0.465 e. The molecule has 1 atom stereocenters. The summed E-state index contributed by atoms with van der Waals surface area (Å²) in [6.45, 7) is 0.699. The molecule has 8 heteroatoms. The number of carboxylic acid groups (broad SMARTS) is 1. The van der Waals surface area contributed by atoms with Crippen LogP contribution in [0.1, 0.15) is 23.9 Å². The molecule has 2 heterocycles. The maximum atomic E-state index is 13.2. The van der Waals surface area contributed by atoms with Crippen molar-refractivity contribution < 1.29 is 14.6 Å². The van der Waals surface area contributed by atoms with Gasteiger partial charge < -0.3 is 15.2 Å². The third-order valence-electron chi connectivity index (χ3n) is 4.88. The van der Waals surface area contributed by atoms with Gasteiger partial charge in [-0.1, -0.05) is 48.5 Å². The number of aromatic nitrogens is 3. The number of hydrogen-bond donors (Lipinski definition) is 2. The van der Waals surface area contributed by atoms with E-state index in [-0.39, 0.29) is 12.2 Å². The van der Waals surface area contributed by atoms with E-state index in [1.165, 1.54) is 9.08 Å². The molecule has 8 nitrogen and oxygen atoms in total. The first-order valence-corrected chi connectivity index (χ1v) is 9.90. The molecular weight excluding hydrogens is 396 g/mol. The lowest BCUT2D eigenvalue weighted by Crippen LogP contribution is -2.35. The number of carbonyl (C=O) groups is 1. The van der Waals surface area contributed by atoms with Gasteiger partial charge in [-0.05, 0) is 36.2 Å². The molecule has 0 aliphatic heterocycles. The lowest BCUT2D eigenvalue weighted by molar-refractivity contribution is 0.109. The monoisotopic (exact) mass is 418 g/mol. The number of nitrogens with one attached hydrogen (secondary N) is 1. The van der Waals surface area contributed by atoms with Crippen LogP contribution < -0.4 is 10.9 Å². The average Bonchev–Trinajstić information content (AvgIpc) is 3.26. The Bertz CT molecular complexity index is 1220. The highest BCUT2D eigenvalue weighted by molar-refractivity contribution is 5.65. The van der Waals surface area contributed by atoms with Crippen LogP contribution in [0.4, 0.5) is 4.79 Å². The molecular formula is C23H22N4O4. The summed E-state index contributed by atoms with van der Waals surface area (Å²) in [6, 6.07) is 21.4. The van der Waals surface area contributed by atoms with Gasteiger partial charge in [-0.25, -0.2) is 9.31 Å². The second kappa shape index (κ2) is 9.27. The summed E-state index contributed by atoms with van der Waals surface area (Å²) in [5, 5.41) is 16.5. The Morgan fingerprint density at radius 2 is 1.74 bits per heavy atom. The van der Waals surface area contributed by atoms with E-state index >= 15 is 0 Å². The smallest absolute Gasteiger partial charge is 0.405 e. The molecule has 2 N–H and O–H groups in total. The Morgan fingerprint density at radius 3 is 2.45 bits per heavy atom. The average molecular weight is 418 g/mol. The molecule has 4 rings (SSSR count). The Hall–Kier alpha value is -3.91. The molecule has 31 heavy (non-hydrogen) atoms. The Kier molecular flexibility index (Phi) is 6.09. The lowest BCUT2D eigenvalue weighted by atomic mass is 10.2. The first-order valence-electron chi connectivity index (χ1n) is 9.90. The molecule has 0 aliphatic carbocycles. The zero-order valence-corrected chi connectivity index (χ0v) is 16.7. The van der Waals surface area contributed by atoms with Gasteiger partial charge in [-0.15, -0.1) is 0 Å². The first kappa shape index (κ1) is 20.4. The number of benzene rings is 2. The summed E-state index contributed by atoms with van der Waals surface area (Å²) < 4.78 is 8.67. The summed E-state index contributed by atoms with van der Waals surface area (Å²) >= 11 is 0. The number of para-hydroxylation sites is 1. The first-order chi connectivity index (χ1) is 15.1. The van der Waals surface area contributed by atoms with Crippen molar-refractivity contribution in [2.24, 2.45) is 0 Å². The van der Waals surface area contributed by atoms with Crippen molar-refractivity contribution in [1.82, 2.24) is 19.5 Å². The van der Waals surface area contributed by atoms with Gasteiger partial charge in [0.25, 0.3) is 5.56 Å². The maximum Gasteiger partial charge on any atom is 0.405 e. The van der Waals surface area contributed by atoms with Crippen LogP contribution in [-0.2, 0) is 11.3 Å². The molecule has 1 unspecified atom stereocenters. The van der Waals surface area contributed by atoms with E-state index in [2.05, 4.69) is 10.4 Å². The van der Waals surface area contributed by atoms with Gasteiger partial charge in [0.2, 0.25) is 0 Å². The minimum atomic E-state index is -1.20. The van der Waals surface area contributed by atoms with E-state index in [9.17, 15) is 14.7 Å². The van der Waals surface area contributed by atoms with Crippen LogP contribution in [-0.4, -0.2) is 32.0 Å². The van der Waals surface area contributed by atoms with E-state index in [0.717, 1.165) is 5.56 Å². The number of hydrogen-bond acceptors (Lipinski definition) is 4. The quantitative estimate of drug-likeness (QED) is 0.428. The van der Waals surface area contributed by atoms with Crippen LogP contribution in [0.5, 0.6) is 0 Å². The van der Waals surface area contributed by atoms with Crippen molar-refractivity contribution in [3.63, 3.8) is 0 Å². The molecule has 0 spiro atoms. The lowest BCUT2D eigenvalue weighted by Gasteiger charge is -2.21. The Balaban J connectivity index is 1.66. The Morgan fingerprint density at radius 1 is 1.03 bits per heavy atom. The van der Waals surface area contributed by atoms with E-state index in [4.69, 9.17) is 4.74 Å². The highest BCUT2D eigenvalue weighted by atomic mass is 16.5. The SMILES string of the molecule is O=C(O)NC(CCOCc1ccccc1)c1nn2cccc2c(=O)n1-c1ccccc1. The van der Waals surface area contributed by atoms with Gasteiger partial charge >= 0.3 is 6.09 Å². The fourth-order valence-electron chi connectivity index (χ4n) is 3.43. The molecule has 0 saturated heterocycles. The predicted molar refractivity (Wildman–Crippen MR) is 115 cm³/mol. The summed E-state index contributed by atoms with van der Waals surface area (Å²) in [6.07, 6.45) is 0.777. The highest BCUT2D eigenvalue weighted by Gasteiger charge is 2.23. The molecule has 158 valence electrons. The minimum Gasteiger partial charge on any atom is -0.465 e. The normalized spacial score (nSPS) is 12.0. The summed E-state index contributed by atoms with van der Waals surface area (Å²) in [5.41, 5.74) is 1.77. The van der Waals surface area contributed by atoms with Crippen molar-refractivity contribution in [3.8, 4) is 5.69 Å². The fraction of sp³-hybridized carbons (Fsp3) is 0.174. The van der Waals surface area contributed by atoms with Gasteiger partial charge in [0.15, 0.2) is 5.82 Å². The molecule has 0 saturated carbocycles. The van der Waals surface area contributed by atoms with Gasteiger partial charge in [-0.2, -0.15) is 5.10 Å². The summed E-state index contributed by atoms with van der Waals surface area (Å²) in [5.74, 6) is 0.297. The number of nitrogens with zero attached hydrogens (tertiary/aromatic N) is 3. The van der Waals surface area contributed by atoms with Crippen molar-refractivity contribution in [2.45, 2.75) is 19.1 Å². The molecule has 0 bridgehead atoms. The molecule has 4 aromatic rings. The van der Waals surface area contributed by atoms with Gasteiger partial charge in [0, 0.05) is 12.8 Å². The van der Waals surface area contributed by atoms with E-state index < -0.39 is 12.1 Å². The molecule has 0 radical (unpaired) electrons. The van der Waals surface area contributed by atoms with Crippen LogP contribution in [0, 0.1) is 0 Å². The van der Waals surface area contributed by atoms with Crippen LogP contribution in [0.25, 0.3) is 11.2 Å². The zero-order valence-electron chi connectivity index (χ0n) is 16.7. The summed E-state index contributed by atoms with van der Waals surface area (Å²) in [4.78, 5) is 24.7. The summed E-state index contributed by atoms with van der Waals surface area (Å²) in [7, 11) is 0. The van der Waals surface area contributed by atoms with Gasteiger partial charge in [0.1, 0.15) is 5.52 Å². The van der Waals surface area contributed by atoms with Crippen molar-refractivity contribution in [1.29, 1.82) is 0 Å². The van der Waals surface area contributed by atoms with Crippen molar-refractivity contribution >= 4 is 11.6 Å². The minimum absolute atomic E-state index is 0.274. The highest BCUT2D eigenvalue weighted by Crippen LogP contribution is 2.19. The van der Waals surface area contributed by atoms with Crippen molar-refractivity contribution in [2.75, 3.05) is 6.61 Å². The molecule has 0 fully saturated rings. The van der Waals surface area contributed by atoms with E-state index in [0.29, 0.717) is 30.1 Å². The third kappa shape index (κ3) is 4.65. The van der Waals surface area contributed by atoms with Gasteiger partial charge in [0.05, 0.1) is 18.3 Å². The molecule has 0 aliphatic rings. The number of fused-ring (bicyclic) bond motifs is 1. The number of amides is 1. The fourth-order valence-corrected chi connectivity index (χ4v) is 3.43.